The molecule has 1 aromatic rings. The molecule has 2 aliphatic rings. The molecule has 1 aliphatic carbocycles. The van der Waals surface area contributed by atoms with Crippen LogP contribution in [0, 0.1) is 5.92 Å². The first-order valence-electron chi connectivity index (χ1n) is 6.73. The Bertz CT molecular complexity index is 345. The average molecular weight is 235 g/mol. The molecule has 0 aromatic carbocycles. The van der Waals surface area contributed by atoms with Crippen molar-refractivity contribution in [1.29, 1.82) is 0 Å². The van der Waals surface area contributed by atoms with Crippen LogP contribution >= 0.6 is 0 Å². The van der Waals surface area contributed by atoms with Crippen LogP contribution in [0.25, 0.3) is 0 Å². The molecule has 0 radical (unpaired) electrons. The van der Waals surface area contributed by atoms with Crippen molar-refractivity contribution in [3.05, 3.63) is 24.2 Å². The van der Waals surface area contributed by atoms with Gasteiger partial charge < -0.3 is 14.5 Å². The summed E-state index contributed by atoms with van der Waals surface area (Å²) in [4.78, 5) is 0. The molecule has 0 bridgehead atoms. The van der Waals surface area contributed by atoms with Gasteiger partial charge in [0.05, 0.1) is 12.4 Å². The SMILES string of the molecule is CC(Cc1ccco1)NC1CCOC1C1CC1. The molecule has 2 fully saturated rings. The molecular weight excluding hydrogens is 214 g/mol. The van der Waals surface area contributed by atoms with E-state index in [1.54, 1.807) is 6.26 Å². The summed E-state index contributed by atoms with van der Waals surface area (Å²) < 4.78 is 11.2. The van der Waals surface area contributed by atoms with Crippen molar-refractivity contribution in [3.8, 4) is 0 Å². The van der Waals surface area contributed by atoms with Gasteiger partial charge in [0.25, 0.3) is 0 Å². The fourth-order valence-electron chi connectivity index (χ4n) is 2.83. The van der Waals surface area contributed by atoms with Gasteiger partial charge in [-0.2, -0.15) is 0 Å². The van der Waals surface area contributed by atoms with Crippen LogP contribution in [0.3, 0.4) is 0 Å². The first-order chi connectivity index (χ1) is 8.33. The van der Waals surface area contributed by atoms with Crippen molar-refractivity contribution in [2.24, 2.45) is 5.92 Å². The molecule has 1 aromatic heterocycles. The van der Waals surface area contributed by atoms with E-state index in [-0.39, 0.29) is 0 Å². The van der Waals surface area contributed by atoms with Gasteiger partial charge in [0.2, 0.25) is 0 Å². The number of rotatable bonds is 5. The summed E-state index contributed by atoms with van der Waals surface area (Å²) in [5.74, 6) is 1.89. The average Bonchev–Trinajstić information content (AvgIpc) is 2.84. The van der Waals surface area contributed by atoms with E-state index in [2.05, 4.69) is 12.2 Å². The quantitative estimate of drug-likeness (QED) is 0.850. The van der Waals surface area contributed by atoms with Gasteiger partial charge in [-0.3, -0.25) is 0 Å². The highest BCUT2D eigenvalue weighted by Crippen LogP contribution is 2.38. The Kier molecular flexibility index (Phi) is 3.21. The van der Waals surface area contributed by atoms with Gasteiger partial charge in [0.15, 0.2) is 0 Å². The minimum atomic E-state index is 0.453. The zero-order valence-corrected chi connectivity index (χ0v) is 10.4. The summed E-state index contributed by atoms with van der Waals surface area (Å²) in [7, 11) is 0. The molecule has 3 rings (SSSR count). The summed E-state index contributed by atoms with van der Waals surface area (Å²) in [6.45, 7) is 3.15. The molecule has 3 nitrogen and oxygen atoms in total. The predicted octanol–water partition coefficient (Wildman–Crippen LogP) is 2.37. The molecule has 2 heterocycles. The number of nitrogens with one attached hydrogen (secondary N) is 1. The highest BCUT2D eigenvalue weighted by Gasteiger charge is 2.40. The molecule has 1 saturated heterocycles. The molecule has 0 amide bonds. The highest BCUT2D eigenvalue weighted by molar-refractivity contribution is 5.01. The lowest BCUT2D eigenvalue weighted by molar-refractivity contribution is 0.0791. The summed E-state index contributed by atoms with van der Waals surface area (Å²) in [6, 6.07) is 5.00. The molecule has 94 valence electrons. The Morgan fingerprint density at radius 1 is 1.41 bits per heavy atom. The topological polar surface area (TPSA) is 34.4 Å². The van der Waals surface area contributed by atoms with Crippen LogP contribution in [0.15, 0.2) is 22.8 Å². The molecule has 17 heavy (non-hydrogen) atoms. The van der Waals surface area contributed by atoms with Crippen LogP contribution in [0.5, 0.6) is 0 Å². The van der Waals surface area contributed by atoms with Gasteiger partial charge in [-0.1, -0.05) is 0 Å². The fourth-order valence-corrected chi connectivity index (χ4v) is 2.83. The maximum Gasteiger partial charge on any atom is 0.105 e. The van der Waals surface area contributed by atoms with Crippen molar-refractivity contribution >= 4 is 0 Å². The van der Waals surface area contributed by atoms with E-state index in [1.165, 1.54) is 12.8 Å². The lowest BCUT2D eigenvalue weighted by atomic mass is 10.0. The largest absolute Gasteiger partial charge is 0.469 e. The van der Waals surface area contributed by atoms with E-state index in [4.69, 9.17) is 9.15 Å². The highest BCUT2D eigenvalue weighted by atomic mass is 16.5. The molecule has 1 aliphatic heterocycles. The van der Waals surface area contributed by atoms with Gasteiger partial charge in [-0.15, -0.1) is 0 Å². The smallest absolute Gasteiger partial charge is 0.105 e. The molecule has 1 saturated carbocycles. The van der Waals surface area contributed by atoms with Crippen molar-refractivity contribution in [2.75, 3.05) is 6.61 Å². The van der Waals surface area contributed by atoms with Crippen LogP contribution in [-0.4, -0.2) is 24.8 Å². The predicted molar refractivity (Wildman–Crippen MR) is 65.9 cm³/mol. The summed E-state index contributed by atoms with van der Waals surface area (Å²) in [6.07, 6.45) is 7.04. The molecule has 3 heteroatoms. The van der Waals surface area contributed by atoms with E-state index in [1.807, 2.05) is 12.1 Å². The summed E-state index contributed by atoms with van der Waals surface area (Å²) in [5, 5.41) is 3.70. The zero-order chi connectivity index (χ0) is 11.7. The van der Waals surface area contributed by atoms with Crippen molar-refractivity contribution in [3.63, 3.8) is 0 Å². The summed E-state index contributed by atoms with van der Waals surface area (Å²) in [5.41, 5.74) is 0. The molecule has 3 atom stereocenters. The standard InChI is InChI=1S/C14H21NO2/c1-10(9-12-3-2-7-16-12)15-13-6-8-17-14(13)11-4-5-11/h2-3,7,10-11,13-15H,4-6,8-9H2,1H3. The van der Waals surface area contributed by atoms with Gasteiger partial charge in [-0.25, -0.2) is 0 Å². The zero-order valence-electron chi connectivity index (χ0n) is 10.4. The van der Waals surface area contributed by atoms with Crippen molar-refractivity contribution in [2.45, 2.75) is 50.8 Å². The number of hydrogen-bond donors (Lipinski definition) is 1. The Morgan fingerprint density at radius 2 is 2.29 bits per heavy atom. The minimum Gasteiger partial charge on any atom is -0.469 e. The first kappa shape index (κ1) is 11.3. The van der Waals surface area contributed by atoms with Crippen LogP contribution in [0.2, 0.25) is 0 Å². The van der Waals surface area contributed by atoms with Crippen LogP contribution < -0.4 is 5.32 Å². The Hall–Kier alpha value is -0.800. The number of ether oxygens (including phenoxy) is 1. The van der Waals surface area contributed by atoms with Gasteiger partial charge in [0, 0.05) is 25.1 Å². The minimum absolute atomic E-state index is 0.453. The van der Waals surface area contributed by atoms with Crippen molar-refractivity contribution < 1.29 is 9.15 Å². The third kappa shape index (κ3) is 2.72. The van der Waals surface area contributed by atoms with E-state index >= 15 is 0 Å². The van der Waals surface area contributed by atoms with Gasteiger partial charge in [-0.05, 0) is 44.2 Å². The van der Waals surface area contributed by atoms with E-state index in [0.29, 0.717) is 18.2 Å². The lowest BCUT2D eigenvalue weighted by Crippen LogP contribution is -2.43. The third-order valence-electron chi connectivity index (χ3n) is 3.81. The normalized spacial score (nSPS) is 30.6. The Balaban J connectivity index is 1.51. The molecule has 0 spiro atoms. The van der Waals surface area contributed by atoms with Crippen LogP contribution in [0.1, 0.15) is 31.9 Å². The van der Waals surface area contributed by atoms with Crippen molar-refractivity contribution in [1.82, 2.24) is 5.32 Å². The summed E-state index contributed by atoms with van der Waals surface area (Å²) >= 11 is 0. The number of hydrogen-bond acceptors (Lipinski definition) is 3. The van der Waals surface area contributed by atoms with Crippen LogP contribution in [0.4, 0.5) is 0 Å². The van der Waals surface area contributed by atoms with E-state index in [0.717, 1.165) is 31.1 Å². The Labute approximate surface area is 103 Å². The molecular formula is C14H21NO2. The second-order valence-electron chi connectivity index (χ2n) is 5.42. The maximum atomic E-state index is 5.84. The van der Waals surface area contributed by atoms with Gasteiger partial charge >= 0.3 is 0 Å². The Morgan fingerprint density at radius 3 is 3.00 bits per heavy atom. The first-order valence-corrected chi connectivity index (χ1v) is 6.73. The number of furan rings is 1. The van der Waals surface area contributed by atoms with E-state index in [9.17, 15) is 0 Å². The fraction of sp³-hybridized carbons (Fsp3) is 0.714. The van der Waals surface area contributed by atoms with Crippen LogP contribution in [-0.2, 0) is 11.2 Å². The second kappa shape index (κ2) is 4.83. The second-order valence-corrected chi connectivity index (χ2v) is 5.42. The lowest BCUT2D eigenvalue weighted by Gasteiger charge is -2.23. The van der Waals surface area contributed by atoms with Gasteiger partial charge in [0.1, 0.15) is 5.76 Å². The molecule has 1 N–H and O–H groups in total. The molecule has 3 unspecified atom stereocenters. The third-order valence-corrected chi connectivity index (χ3v) is 3.81. The van der Waals surface area contributed by atoms with E-state index < -0.39 is 0 Å². The maximum absolute atomic E-state index is 5.84. The monoisotopic (exact) mass is 235 g/mol.